The summed E-state index contributed by atoms with van der Waals surface area (Å²) in [4.78, 5) is 14.6. The fraction of sp³-hybridized carbons (Fsp3) is 0.258. The lowest BCUT2D eigenvalue weighted by Crippen LogP contribution is -2.32. The number of amides is 1. The van der Waals surface area contributed by atoms with Crippen molar-refractivity contribution in [1.82, 2.24) is 5.43 Å². The Bertz CT molecular complexity index is 1300. The van der Waals surface area contributed by atoms with Crippen molar-refractivity contribution in [3.05, 3.63) is 101 Å². The van der Waals surface area contributed by atoms with Crippen LogP contribution in [0.5, 0.6) is 0 Å². The predicted octanol–water partition coefficient (Wildman–Crippen LogP) is 5.64. The predicted molar refractivity (Wildman–Crippen MR) is 165 cm³/mol. The molecule has 0 saturated carbocycles. The summed E-state index contributed by atoms with van der Waals surface area (Å²) in [6, 6.07) is 22.5. The first-order valence-corrected chi connectivity index (χ1v) is 14.0. The van der Waals surface area contributed by atoms with Gasteiger partial charge in [-0.05, 0) is 65.9 Å². The number of carbonyl (C=O) groups excluding carboxylic acids is 1. The van der Waals surface area contributed by atoms with Crippen molar-refractivity contribution < 1.29 is 4.79 Å². The number of thioether (sulfide) groups is 1. The van der Waals surface area contributed by atoms with E-state index in [1.165, 1.54) is 5.56 Å². The summed E-state index contributed by atoms with van der Waals surface area (Å²) in [7, 11) is 8.05. The van der Waals surface area contributed by atoms with E-state index in [2.05, 4.69) is 73.6 Å². The van der Waals surface area contributed by atoms with Crippen LogP contribution in [-0.2, 0) is 17.6 Å². The molecule has 0 aliphatic carbocycles. The van der Waals surface area contributed by atoms with Crippen LogP contribution in [0, 0.1) is 0 Å². The SMILES string of the molecule is [B]c1ccc(CCC)c(N2C(=O)CS/C2=C\CNc2ccc(N(C)NC(=C)c3ccc(CC)cc3)cc2)c1. The van der Waals surface area contributed by atoms with E-state index < -0.39 is 0 Å². The lowest BCUT2D eigenvalue weighted by Gasteiger charge is -2.23. The Morgan fingerprint density at radius 3 is 2.53 bits per heavy atom. The molecule has 1 heterocycles. The fourth-order valence-corrected chi connectivity index (χ4v) is 5.32. The average Bonchev–Trinajstić information content (AvgIpc) is 3.29. The van der Waals surface area contributed by atoms with E-state index in [1.807, 2.05) is 47.3 Å². The molecule has 5 nitrogen and oxygen atoms in total. The number of hydrazine groups is 1. The number of nitrogens with zero attached hydrogens (tertiary/aromatic N) is 2. The van der Waals surface area contributed by atoms with Gasteiger partial charge in [0, 0.05) is 19.3 Å². The Labute approximate surface area is 232 Å². The molecule has 0 spiro atoms. The number of aryl methyl sites for hydroxylation is 2. The van der Waals surface area contributed by atoms with Gasteiger partial charge in [-0.3, -0.25) is 20.1 Å². The second-order valence-corrected chi connectivity index (χ2v) is 10.3. The van der Waals surface area contributed by atoms with Crippen LogP contribution in [0.25, 0.3) is 5.70 Å². The Hall–Kier alpha value is -3.58. The number of benzene rings is 3. The quantitative estimate of drug-likeness (QED) is 0.252. The maximum absolute atomic E-state index is 12.8. The maximum Gasteiger partial charge on any atom is 0.242 e. The van der Waals surface area contributed by atoms with E-state index >= 15 is 0 Å². The van der Waals surface area contributed by atoms with Crippen molar-refractivity contribution >= 4 is 53.7 Å². The number of anilines is 3. The topological polar surface area (TPSA) is 47.6 Å². The van der Waals surface area contributed by atoms with Crippen LogP contribution in [0.3, 0.4) is 0 Å². The van der Waals surface area contributed by atoms with E-state index in [1.54, 1.807) is 11.8 Å². The number of hydrogen-bond acceptors (Lipinski definition) is 5. The van der Waals surface area contributed by atoms with Crippen LogP contribution in [0.1, 0.15) is 37.0 Å². The van der Waals surface area contributed by atoms with Crippen LogP contribution >= 0.6 is 11.8 Å². The van der Waals surface area contributed by atoms with Gasteiger partial charge in [-0.15, -0.1) is 0 Å². The maximum atomic E-state index is 12.8. The standard InChI is InChI=1S/C31H35BN4OS/c1-5-7-25-12-13-26(32)20-29(25)36-30(37)21-38-31(36)18-19-33-27-14-16-28(17-15-27)35(4)34-22(3)24-10-8-23(6-2)9-11-24/h8-18,20,33-34H,3,5-7,19,21H2,1-2,4H3/b31-18-. The van der Waals surface area contributed by atoms with Crippen molar-refractivity contribution in [2.75, 3.05) is 34.6 Å². The van der Waals surface area contributed by atoms with Crippen LogP contribution in [-0.4, -0.2) is 33.1 Å². The summed E-state index contributed by atoms with van der Waals surface area (Å²) in [5.74, 6) is 0.529. The highest BCUT2D eigenvalue weighted by molar-refractivity contribution is 8.04. The molecule has 4 rings (SSSR count). The second-order valence-electron chi connectivity index (χ2n) is 9.33. The molecule has 2 radical (unpaired) electrons. The minimum absolute atomic E-state index is 0.0898. The van der Waals surface area contributed by atoms with Crippen LogP contribution in [0.2, 0.25) is 0 Å². The zero-order chi connectivity index (χ0) is 27.1. The molecule has 38 heavy (non-hydrogen) atoms. The lowest BCUT2D eigenvalue weighted by molar-refractivity contribution is -0.115. The number of carbonyl (C=O) groups is 1. The van der Waals surface area contributed by atoms with Gasteiger partial charge in [-0.2, -0.15) is 0 Å². The van der Waals surface area contributed by atoms with Crippen molar-refractivity contribution in [3.8, 4) is 0 Å². The van der Waals surface area contributed by atoms with E-state index in [0.29, 0.717) is 17.8 Å². The molecule has 1 aliphatic rings. The minimum Gasteiger partial charge on any atom is -0.381 e. The first-order valence-electron chi connectivity index (χ1n) is 13.1. The molecule has 0 bridgehead atoms. The van der Waals surface area contributed by atoms with Gasteiger partial charge in [0.1, 0.15) is 7.85 Å². The van der Waals surface area contributed by atoms with Crippen LogP contribution in [0.4, 0.5) is 17.1 Å². The van der Waals surface area contributed by atoms with Crippen molar-refractivity contribution in [1.29, 1.82) is 0 Å². The monoisotopic (exact) mass is 522 g/mol. The molecule has 1 aliphatic heterocycles. The Morgan fingerprint density at radius 1 is 1.11 bits per heavy atom. The van der Waals surface area contributed by atoms with Gasteiger partial charge >= 0.3 is 0 Å². The molecule has 194 valence electrons. The largest absolute Gasteiger partial charge is 0.381 e. The molecule has 1 amide bonds. The van der Waals surface area contributed by atoms with Gasteiger partial charge in [0.15, 0.2) is 0 Å². The molecule has 1 fully saturated rings. The highest BCUT2D eigenvalue weighted by atomic mass is 32.2. The molecule has 0 atom stereocenters. The van der Waals surface area contributed by atoms with E-state index in [0.717, 1.165) is 58.2 Å². The minimum atomic E-state index is 0.0898. The first-order chi connectivity index (χ1) is 18.4. The molecule has 0 aromatic heterocycles. The summed E-state index contributed by atoms with van der Waals surface area (Å²) in [6.45, 7) is 9.09. The fourth-order valence-electron chi connectivity index (χ4n) is 4.39. The molecule has 3 aromatic carbocycles. The van der Waals surface area contributed by atoms with Gasteiger partial charge in [-0.25, -0.2) is 0 Å². The smallest absolute Gasteiger partial charge is 0.242 e. The highest BCUT2D eigenvalue weighted by Crippen LogP contribution is 2.35. The summed E-state index contributed by atoms with van der Waals surface area (Å²) < 4.78 is 0. The van der Waals surface area contributed by atoms with Crippen LogP contribution in [0.15, 0.2) is 84.4 Å². The molecule has 2 N–H and O–H groups in total. The summed E-state index contributed by atoms with van der Waals surface area (Å²) in [5.41, 5.74) is 11.3. The second kappa shape index (κ2) is 12.8. The number of nitrogens with one attached hydrogen (secondary N) is 2. The van der Waals surface area contributed by atoms with E-state index in [9.17, 15) is 4.79 Å². The van der Waals surface area contributed by atoms with Gasteiger partial charge in [-0.1, -0.05) is 80.5 Å². The Morgan fingerprint density at radius 2 is 1.84 bits per heavy atom. The molecule has 3 aromatic rings. The Balaban J connectivity index is 1.37. The highest BCUT2D eigenvalue weighted by Gasteiger charge is 2.29. The molecule has 1 saturated heterocycles. The summed E-state index contributed by atoms with van der Waals surface area (Å²) >= 11 is 1.57. The third-order valence-corrected chi connectivity index (χ3v) is 7.57. The average molecular weight is 523 g/mol. The van der Waals surface area contributed by atoms with Crippen molar-refractivity contribution in [3.63, 3.8) is 0 Å². The lowest BCUT2D eigenvalue weighted by atomic mass is 9.92. The summed E-state index contributed by atoms with van der Waals surface area (Å²) in [5, 5.41) is 6.34. The normalized spacial score (nSPS) is 14.1. The van der Waals surface area contributed by atoms with Gasteiger partial charge in [0.2, 0.25) is 5.91 Å². The van der Waals surface area contributed by atoms with Crippen LogP contribution < -0.4 is 26.1 Å². The third kappa shape index (κ3) is 6.64. The van der Waals surface area contributed by atoms with Gasteiger partial charge in [0.05, 0.1) is 27.9 Å². The molecular weight excluding hydrogens is 487 g/mol. The van der Waals surface area contributed by atoms with E-state index in [-0.39, 0.29) is 5.91 Å². The van der Waals surface area contributed by atoms with E-state index in [4.69, 9.17) is 7.85 Å². The summed E-state index contributed by atoms with van der Waals surface area (Å²) in [6.07, 6.45) is 5.01. The number of hydrogen-bond donors (Lipinski definition) is 2. The molecule has 7 heteroatoms. The zero-order valence-corrected chi connectivity index (χ0v) is 23.3. The first kappa shape index (κ1) is 27.5. The molecule has 0 unspecified atom stereocenters. The van der Waals surface area contributed by atoms with Crippen molar-refractivity contribution in [2.45, 2.75) is 33.1 Å². The van der Waals surface area contributed by atoms with Gasteiger partial charge < -0.3 is 5.32 Å². The van der Waals surface area contributed by atoms with Gasteiger partial charge in [0.25, 0.3) is 0 Å². The zero-order valence-electron chi connectivity index (χ0n) is 22.5. The number of rotatable bonds is 11. The third-order valence-electron chi connectivity index (χ3n) is 6.53. The van der Waals surface area contributed by atoms with Crippen molar-refractivity contribution in [2.24, 2.45) is 0 Å². The Kier molecular flexibility index (Phi) is 9.24. The molecular formula is C31H35BN4OS.